The summed E-state index contributed by atoms with van der Waals surface area (Å²) in [4.78, 5) is 24.3. The molecule has 1 aromatic rings. The second-order valence-electron chi connectivity index (χ2n) is 5.07. The van der Waals surface area contributed by atoms with E-state index in [1.54, 1.807) is 17.0 Å². The highest BCUT2D eigenvalue weighted by Crippen LogP contribution is 2.18. The number of ether oxygens (including phenoxy) is 1. The van der Waals surface area contributed by atoms with Crippen LogP contribution in [-0.4, -0.2) is 41.6 Å². The fourth-order valence-corrected chi connectivity index (χ4v) is 2.32. The Morgan fingerprint density at radius 1 is 1.43 bits per heavy atom. The van der Waals surface area contributed by atoms with Crippen molar-refractivity contribution in [3.05, 3.63) is 30.1 Å². The Kier molecular flexibility index (Phi) is 5.14. The lowest BCUT2D eigenvalue weighted by atomic mass is 10.1. The number of carboxylic acids is 1. The summed E-state index contributed by atoms with van der Waals surface area (Å²) in [5, 5.41) is 8.89. The maximum atomic E-state index is 12.9. The number of likely N-dealkylation sites (tertiary alicyclic amines) is 1. The van der Waals surface area contributed by atoms with Crippen molar-refractivity contribution in [3.8, 4) is 5.75 Å². The standard InChI is InChI=1S/C15H18FNO4/c16-12-3-1-4-13(9-12)21-8-2-5-14(18)17-7-6-11(10-17)15(19)20/h1,3-4,9,11H,2,5-8,10H2,(H,19,20). The molecule has 114 valence electrons. The average molecular weight is 295 g/mol. The van der Waals surface area contributed by atoms with Crippen LogP contribution < -0.4 is 4.74 Å². The van der Waals surface area contributed by atoms with Crippen molar-refractivity contribution in [2.24, 2.45) is 5.92 Å². The third-order valence-electron chi connectivity index (χ3n) is 3.49. The highest BCUT2D eigenvalue weighted by Gasteiger charge is 2.30. The zero-order chi connectivity index (χ0) is 15.2. The lowest BCUT2D eigenvalue weighted by Gasteiger charge is -2.15. The molecule has 1 aliphatic heterocycles. The summed E-state index contributed by atoms with van der Waals surface area (Å²) in [7, 11) is 0. The van der Waals surface area contributed by atoms with E-state index in [0.29, 0.717) is 44.7 Å². The Morgan fingerprint density at radius 2 is 2.24 bits per heavy atom. The van der Waals surface area contributed by atoms with Crippen molar-refractivity contribution in [1.29, 1.82) is 0 Å². The number of amides is 1. The molecule has 1 fully saturated rings. The normalized spacial score (nSPS) is 17.8. The molecule has 1 aromatic carbocycles. The van der Waals surface area contributed by atoms with Gasteiger partial charge in [-0.3, -0.25) is 9.59 Å². The van der Waals surface area contributed by atoms with Gasteiger partial charge in [-0.1, -0.05) is 6.07 Å². The number of nitrogens with zero attached hydrogens (tertiary/aromatic N) is 1. The molecule has 0 spiro atoms. The minimum absolute atomic E-state index is 0.0541. The number of carbonyl (C=O) groups excluding carboxylic acids is 1. The molecule has 1 N–H and O–H groups in total. The SMILES string of the molecule is O=C(O)C1CCN(C(=O)CCCOc2cccc(F)c2)C1. The molecule has 1 amide bonds. The van der Waals surface area contributed by atoms with E-state index >= 15 is 0 Å². The number of aliphatic carboxylic acids is 1. The molecule has 1 unspecified atom stereocenters. The van der Waals surface area contributed by atoms with Gasteiger partial charge in [-0.15, -0.1) is 0 Å². The molecule has 21 heavy (non-hydrogen) atoms. The first-order chi connectivity index (χ1) is 10.1. The highest BCUT2D eigenvalue weighted by molar-refractivity contribution is 5.78. The Morgan fingerprint density at radius 3 is 2.90 bits per heavy atom. The molecule has 0 radical (unpaired) electrons. The van der Waals surface area contributed by atoms with Crippen molar-refractivity contribution in [3.63, 3.8) is 0 Å². The van der Waals surface area contributed by atoms with Crippen LogP contribution in [-0.2, 0) is 9.59 Å². The summed E-state index contributed by atoms with van der Waals surface area (Å²) in [6.07, 6.45) is 1.34. The van der Waals surface area contributed by atoms with Crippen LogP contribution in [0.1, 0.15) is 19.3 Å². The van der Waals surface area contributed by atoms with Crippen LogP contribution in [0.2, 0.25) is 0 Å². The molecule has 0 bridgehead atoms. The maximum absolute atomic E-state index is 12.9. The summed E-state index contributed by atoms with van der Waals surface area (Å²) in [6, 6.07) is 5.84. The molecule has 0 aromatic heterocycles. The zero-order valence-electron chi connectivity index (χ0n) is 11.6. The molecule has 1 saturated heterocycles. The minimum atomic E-state index is -0.847. The number of carbonyl (C=O) groups is 2. The van der Waals surface area contributed by atoms with Gasteiger partial charge in [-0.25, -0.2) is 4.39 Å². The first-order valence-electron chi connectivity index (χ1n) is 6.95. The second-order valence-corrected chi connectivity index (χ2v) is 5.07. The summed E-state index contributed by atoms with van der Waals surface area (Å²) in [5.41, 5.74) is 0. The van der Waals surface area contributed by atoms with Gasteiger partial charge in [0.25, 0.3) is 0 Å². The van der Waals surface area contributed by atoms with Crippen molar-refractivity contribution >= 4 is 11.9 Å². The lowest BCUT2D eigenvalue weighted by Crippen LogP contribution is -2.30. The van der Waals surface area contributed by atoms with Crippen molar-refractivity contribution in [2.45, 2.75) is 19.3 Å². The van der Waals surface area contributed by atoms with Crippen LogP contribution in [0, 0.1) is 11.7 Å². The number of benzene rings is 1. The van der Waals surface area contributed by atoms with E-state index in [1.807, 2.05) is 0 Å². The monoisotopic (exact) mass is 295 g/mol. The largest absolute Gasteiger partial charge is 0.493 e. The summed E-state index contributed by atoms with van der Waals surface area (Å²) in [6.45, 7) is 1.12. The third kappa shape index (κ3) is 4.44. The topological polar surface area (TPSA) is 66.8 Å². The van der Waals surface area contributed by atoms with Gasteiger partial charge in [-0.05, 0) is 25.0 Å². The zero-order valence-corrected chi connectivity index (χ0v) is 11.6. The van der Waals surface area contributed by atoms with Gasteiger partial charge in [0, 0.05) is 25.6 Å². The summed E-state index contributed by atoms with van der Waals surface area (Å²) >= 11 is 0. The molecule has 0 saturated carbocycles. The Bertz CT molecular complexity index is 520. The third-order valence-corrected chi connectivity index (χ3v) is 3.49. The molecule has 0 aliphatic carbocycles. The molecule has 1 atom stereocenters. The number of carboxylic acid groups (broad SMARTS) is 1. The lowest BCUT2D eigenvalue weighted by molar-refractivity contribution is -0.141. The first-order valence-corrected chi connectivity index (χ1v) is 6.95. The van der Waals surface area contributed by atoms with Gasteiger partial charge in [-0.2, -0.15) is 0 Å². The van der Waals surface area contributed by atoms with E-state index in [1.165, 1.54) is 12.1 Å². The highest BCUT2D eigenvalue weighted by atomic mass is 19.1. The van der Waals surface area contributed by atoms with Gasteiger partial charge in [0.05, 0.1) is 12.5 Å². The first kappa shape index (κ1) is 15.3. The summed E-state index contributed by atoms with van der Waals surface area (Å²) < 4.78 is 18.3. The quantitative estimate of drug-likeness (QED) is 0.814. The summed E-state index contributed by atoms with van der Waals surface area (Å²) in [5.74, 6) is -1.27. The van der Waals surface area contributed by atoms with Crippen LogP contribution in [0.15, 0.2) is 24.3 Å². The molecule has 5 nitrogen and oxygen atoms in total. The predicted octanol–water partition coefficient (Wildman–Crippen LogP) is 1.92. The van der Waals surface area contributed by atoms with Crippen molar-refractivity contribution in [2.75, 3.05) is 19.7 Å². The van der Waals surface area contributed by atoms with Crippen LogP contribution in [0.3, 0.4) is 0 Å². The van der Waals surface area contributed by atoms with Crippen LogP contribution in [0.5, 0.6) is 5.75 Å². The fraction of sp³-hybridized carbons (Fsp3) is 0.467. The van der Waals surface area contributed by atoms with Crippen LogP contribution in [0.4, 0.5) is 4.39 Å². The van der Waals surface area contributed by atoms with E-state index < -0.39 is 11.9 Å². The minimum Gasteiger partial charge on any atom is -0.493 e. The van der Waals surface area contributed by atoms with E-state index in [-0.39, 0.29) is 11.7 Å². The van der Waals surface area contributed by atoms with Crippen LogP contribution in [0.25, 0.3) is 0 Å². The fourth-order valence-electron chi connectivity index (χ4n) is 2.32. The van der Waals surface area contributed by atoms with Gasteiger partial charge in [0.2, 0.25) is 5.91 Å². The average Bonchev–Trinajstić information content (AvgIpc) is 2.93. The van der Waals surface area contributed by atoms with E-state index in [0.717, 1.165) is 0 Å². The predicted molar refractivity (Wildman–Crippen MR) is 73.5 cm³/mol. The molecule has 1 heterocycles. The number of halogens is 1. The maximum Gasteiger partial charge on any atom is 0.308 e. The van der Waals surface area contributed by atoms with Gasteiger partial charge in [0.15, 0.2) is 0 Å². The van der Waals surface area contributed by atoms with Gasteiger partial charge in [0.1, 0.15) is 11.6 Å². The number of hydrogen-bond donors (Lipinski definition) is 1. The van der Waals surface area contributed by atoms with Crippen LogP contribution >= 0.6 is 0 Å². The molecule has 1 aliphatic rings. The van der Waals surface area contributed by atoms with E-state index in [4.69, 9.17) is 9.84 Å². The molecular formula is C15H18FNO4. The van der Waals surface area contributed by atoms with E-state index in [9.17, 15) is 14.0 Å². The smallest absolute Gasteiger partial charge is 0.308 e. The van der Waals surface area contributed by atoms with Crippen molar-refractivity contribution < 1.29 is 23.8 Å². The van der Waals surface area contributed by atoms with E-state index in [2.05, 4.69) is 0 Å². The molecule has 6 heteroatoms. The number of rotatable bonds is 6. The molecule has 2 rings (SSSR count). The number of hydrogen-bond acceptors (Lipinski definition) is 3. The van der Waals surface area contributed by atoms with Gasteiger partial charge < -0.3 is 14.7 Å². The Hall–Kier alpha value is -2.11. The second kappa shape index (κ2) is 7.06. The molecular weight excluding hydrogens is 277 g/mol. The van der Waals surface area contributed by atoms with Crippen molar-refractivity contribution in [1.82, 2.24) is 4.90 Å². The Balaban J connectivity index is 1.67. The van der Waals surface area contributed by atoms with Gasteiger partial charge >= 0.3 is 5.97 Å². The Labute approximate surface area is 122 Å².